The first-order valence-corrected chi connectivity index (χ1v) is 11.5. The number of fused-ring (bicyclic) bond motifs is 5. The van der Waals surface area contributed by atoms with Gasteiger partial charge in [0.2, 0.25) is 4.38 Å². The van der Waals surface area contributed by atoms with Gasteiger partial charge in [0.25, 0.3) is 0 Å². The molecule has 8 atom stereocenters. The summed E-state index contributed by atoms with van der Waals surface area (Å²) in [5.41, 5.74) is -2.02. The molecule has 0 aromatic carbocycles. The summed E-state index contributed by atoms with van der Waals surface area (Å²) in [6.07, 6.45) is 3.31. The number of aliphatic hydroxyl groups excluding tert-OH is 2. The molecule has 3 saturated carbocycles. The first kappa shape index (κ1) is 22.4. The van der Waals surface area contributed by atoms with E-state index in [0.29, 0.717) is 19.3 Å². The second kappa shape index (κ2) is 7.37. The zero-order valence-corrected chi connectivity index (χ0v) is 19.0. The number of thiol groups is 1. The normalized spacial score (nSPS) is 47.6. The summed E-state index contributed by atoms with van der Waals surface area (Å²) < 4.78 is 5.93. The van der Waals surface area contributed by atoms with Crippen molar-refractivity contribution in [3.8, 4) is 0 Å². The molecular formula is C22H30O6S2. The van der Waals surface area contributed by atoms with Crippen molar-refractivity contribution in [2.75, 3.05) is 6.61 Å². The second-order valence-corrected chi connectivity index (χ2v) is 11.1. The Bertz CT molecular complexity index is 826. The molecule has 0 heterocycles. The number of ketones is 2. The van der Waals surface area contributed by atoms with Gasteiger partial charge in [-0.1, -0.05) is 32.0 Å². The van der Waals surface area contributed by atoms with Crippen LogP contribution >= 0.6 is 24.8 Å². The van der Waals surface area contributed by atoms with E-state index < -0.39 is 41.0 Å². The van der Waals surface area contributed by atoms with Crippen LogP contribution in [0.1, 0.15) is 52.4 Å². The van der Waals surface area contributed by atoms with Crippen molar-refractivity contribution < 1.29 is 29.6 Å². The SMILES string of the molecule is C[C@]12C[C@H](O)[C@H]3[C@@H](CCC4=CC(=O)CC(OC(=S)S)[C@@]43C)[C@@H]1CC[C@]2(O)C(=O)CO. The van der Waals surface area contributed by atoms with Crippen molar-refractivity contribution >= 4 is 40.8 Å². The van der Waals surface area contributed by atoms with Crippen LogP contribution in [0.3, 0.4) is 0 Å². The molecule has 8 heteroatoms. The molecule has 0 radical (unpaired) electrons. The number of hydrogen-bond donors (Lipinski definition) is 4. The molecule has 3 N–H and O–H groups in total. The molecule has 0 spiro atoms. The van der Waals surface area contributed by atoms with Gasteiger partial charge in [0.05, 0.1) is 6.10 Å². The molecule has 3 fully saturated rings. The number of Topliss-reactive ketones (excluding diaryl/α,β-unsaturated/α-hetero) is 1. The van der Waals surface area contributed by atoms with Gasteiger partial charge in [0, 0.05) is 23.2 Å². The summed E-state index contributed by atoms with van der Waals surface area (Å²) in [6, 6.07) is 0. The number of thiocarbonyl (C=S) groups is 1. The third kappa shape index (κ3) is 2.90. The van der Waals surface area contributed by atoms with Crippen LogP contribution in [0.4, 0.5) is 0 Å². The molecule has 0 saturated heterocycles. The van der Waals surface area contributed by atoms with Gasteiger partial charge < -0.3 is 20.1 Å². The average molecular weight is 455 g/mol. The van der Waals surface area contributed by atoms with E-state index >= 15 is 0 Å². The Morgan fingerprint density at radius 2 is 2.07 bits per heavy atom. The predicted molar refractivity (Wildman–Crippen MR) is 117 cm³/mol. The monoisotopic (exact) mass is 454 g/mol. The third-order valence-corrected chi connectivity index (χ3v) is 9.18. The van der Waals surface area contributed by atoms with Gasteiger partial charge in [0.1, 0.15) is 18.3 Å². The Labute approximate surface area is 187 Å². The van der Waals surface area contributed by atoms with Gasteiger partial charge in [-0.2, -0.15) is 0 Å². The zero-order chi connectivity index (χ0) is 22.1. The van der Waals surface area contributed by atoms with E-state index in [9.17, 15) is 24.9 Å². The van der Waals surface area contributed by atoms with Crippen LogP contribution in [-0.4, -0.2) is 55.7 Å². The van der Waals surface area contributed by atoms with Crippen LogP contribution in [0.25, 0.3) is 0 Å². The highest BCUT2D eigenvalue weighted by Gasteiger charge is 2.69. The van der Waals surface area contributed by atoms with E-state index in [-0.39, 0.29) is 40.8 Å². The van der Waals surface area contributed by atoms with E-state index in [2.05, 4.69) is 12.6 Å². The summed E-state index contributed by atoms with van der Waals surface area (Å²) in [5, 5.41) is 32.2. The molecule has 1 unspecified atom stereocenters. The van der Waals surface area contributed by atoms with Crippen molar-refractivity contribution in [2.45, 2.75) is 70.2 Å². The zero-order valence-electron chi connectivity index (χ0n) is 17.3. The number of aliphatic hydroxyl groups is 3. The van der Waals surface area contributed by atoms with Gasteiger partial charge in [-0.05, 0) is 62.2 Å². The highest BCUT2D eigenvalue weighted by molar-refractivity contribution is 8.10. The molecule has 0 aromatic heterocycles. The largest absolute Gasteiger partial charge is 0.474 e. The molecule has 0 bridgehead atoms. The van der Waals surface area contributed by atoms with E-state index in [1.165, 1.54) is 0 Å². The smallest absolute Gasteiger partial charge is 0.217 e. The summed E-state index contributed by atoms with van der Waals surface area (Å²) >= 11 is 9.18. The lowest BCUT2D eigenvalue weighted by atomic mass is 9.45. The molecule has 30 heavy (non-hydrogen) atoms. The number of rotatable bonds is 3. The van der Waals surface area contributed by atoms with Gasteiger partial charge in [-0.15, -0.1) is 0 Å². The molecule has 0 aromatic rings. The lowest BCUT2D eigenvalue weighted by Gasteiger charge is -2.61. The van der Waals surface area contributed by atoms with Crippen LogP contribution in [-0.2, 0) is 14.3 Å². The molecule has 4 aliphatic rings. The minimum Gasteiger partial charge on any atom is -0.474 e. The lowest BCUT2D eigenvalue weighted by Crippen LogP contribution is -2.64. The molecule has 166 valence electrons. The Balaban J connectivity index is 1.77. The Hall–Kier alpha value is -0.800. The van der Waals surface area contributed by atoms with Gasteiger partial charge in [0.15, 0.2) is 11.6 Å². The molecule has 6 nitrogen and oxygen atoms in total. The molecule has 0 amide bonds. The fourth-order valence-corrected chi connectivity index (χ4v) is 7.82. The first-order chi connectivity index (χ1) is 14.0. The van der Waals surface area contributed by atoms with Crippen molar-refractivity contribution in [1.82, 2.24) is 0 Å². The topological polar surface area (TPSA) is 104 Å². The summed E-state index contributed by atoms with van der Waals surface area (Å²) in [7, 11) is 0. The lowest BCUT2D eigenvalue weighted by molar-refractivity contribution is -0.189. The molecule has 4 aliphatic carbocycles. The summed E-state index contributed by atoms with van der Waals surface area (Å²) in [6.45, 7) is 3.22. The minimum absolute atomic E-state index is 0.00516. The van der Waals surface area contributed by atoms with E-state index in [0.717, 1.165) is 12.0 Å². The first-order valence-electron chi connectivity index (χ1n) is 10.7. The maximum atomic E-state index is 12.5. The standard InChI is InChI=1S/C22H30O6S2/c1-20-9-15(25)18-13(14(20)5-6-22(20,27)16(26)10-23)4-3-11-7-12(24)8-17(21(11,18)2)28-19(29)30/h7,13-15,17-18,23,25,27H,3-6,8-10H2,1-2H3,(H,29,30)/t13-,14-,15-,17?,18+,20-,21+,22-/m0/s1. The van der Waals surface area contributed by atoms with Gasteiger partial charge in [-0.25, -0.2) is 0 Å². The van der Waals surface area contributed by atoms with Gasteiger partial charge in [-0.3, -0.25) is 9.59 Å². The summed E-state index contributed by atoms with van der Waals surface area (Å²) in [5.74, 6) is -0.650. The van der Waals surface area contributed by atoms with Gasteiger partial charge >= 0.3 is 0 Å². The Kier molecular flexibility index (Phi) is 5.50. The predicted octanol–water partition coefficient (Wildman–Crippen LogP) is 1.99. The number of carbonyl (C=O) groups is 2. The fraction of sp³-hybridized carbons (Fsp3) is 0.773. The van der Waals surface area contributed by atoms with Crippen LogP contribution in [0, 0.1) is 28.6 Å². The van der Waals surface area contributed by atoms with Crippen molar-refractivity contribution in [3.63, 3.8) is 0 Å². The molecule has 0 aliphatic heterocycles. The van der Waals surface area contributed by atoms with Crippen molar-refractivity contribution in [3.05, 3.63) is 11.6 Å². The van der Waals surface area contributed by atoms with Crippen molar-refractivity contribution in [2.24, 2.45) is 28.6 Å². The average Bonchev–Trinajstić information content (AvgIpc) is 2.93. The maximum absolute atomic E-state index is 12.5. The van der Waals surface area contributed by atoms with Crippen molar-refractivity contribution in [1.29, 1.82) is 0 Å². The quantitative estimate of drug-likeness (QED) is 0.382. The van der Waals surface area contributed by atoms with E-state index in [1.807, 2.05) is 13.8 Å². The minimum atomic E-state index is -1.62. The molecular weight excluding hydrogens is 424 g/mol. The number of ether oxygens (including phenoxy) is 1. The summed E-state index contributed by atoms with van der Waals surface area (Å²) in [4.78, 5) is 24.8. The van der Waals surface area contributed by atoms with Crippen LogP contribution in [0.5, 0.6) is 0 Å². The van der Waals surface area contributed by atoms with Crippen LogP contribution in [0.15, 0.2) is 11.6 Å². The Morgan fingerprint density at radius 1 is 1.37 bits per heavy atom. The fourth-order valence-electron chi connectivity index (χ4n) is 7.58. The third-order valence-electron chi connectivity index (χ3n) is 8.98. The maximum Gasteiger partial charge on any atom is 0.217 e. The van der Waals surface area contributed by atoms with Crippen LogP contribution in [0.2, 0.25) is 0 Å². The highest BCUT2D eigenvalue weighted by Crippen LogP contribution is 2.67. The van der Waals surface area contributed by atoms with Crippen LogP contribution < -0.4 is 0 Å². The second-order valence-electron chi connectivity index (χ2n) is 10.00. The van der Waals surface area contributed by atoms with E-state index in [1.54, 1.807) is 6.08 Å². The number of carbonyl (C=O) groups excluding carboxylic acids is 2. The highest BCUT2D eigenvalue weighted by atomic mass is 32.1. The molecule has 4 rings (SSSR count). The van der Waals surface area contributed by atoms with E-state index in [4.69, 9.17) is 17.0 Å². The number of hydrogen-bond acceptors (Lipinski definition) is 7. The Morgan fingerprint density at radius 3 is 2.70 bits per heavy atom.